The molecule has 2 aromatic heterocycles. The van der Waals surface area contributed by atoms with Crippen LogP contribution in [0.5, 0.6) is 0 Å². The number of aryl methyl sites for hydroxylation is 2. The van der Waals surface area contributed by atoms with E-state index in [1.54, 1.807) is 6.20 Å². The summed E-state index contributed by atoms with van der Waals surface area (Å²) < 4.78 is 29.2. The van der Waals surface area contributed by atoms with Gasteiger partial charge in [-0.3, -0.25) is 14.3 Å². The van der Waals surface area contributed by atoms with Crippen molar-refractivity contribution in [3.8, 4) is 0 Å². The highest BCUT2D eigenvalue weighted by molar-refractivity contribution is 7.88. The number of hydrogen-bond acceptors (Lipinski definition) is 5. The number of aromatic nitrogens is 4. The molecule has 0 fully saturated rings. The number of fused-ring (bicyclic) bond motifs is 1. The Bertz CT molecular complexity index is 794. The molecule has 2 aromatic rings. The van der Waals surface area contributed by atoms with Crippen molar-refractivity contribution in [2.24, 2.45) is 7.05 Å². The highest BCUT2D eigenvalue weighted by Gasteiger charge is 2.26. The molecule has 0 saturated carbocycles. The Morgan fingerprint density at radius 1 is 1.43 bits per heavy atom. The van der Waals surface area contributed by atoms with Crippen molar-refractivity contribution in [2.45, 2.75) is 26.1 Å². The largest absolute Gasteiger partial charge is 0.290 e. The number of rotatable bonds is 5. The zero-order valence-electron chi connectivity index (χ0n) is 13.6. The SMILES string of the molecule is Cc1cc(CN2Cc3ccnn3[C@H](CNS(C)(=O)=O)C2)n(C)n1. The lowest BCUT2D eigenvalue weighted by Gasteiger charge is -2.33. The maximum atomic E-state index is 11.4. The van der Waals surface area contributed by atoms with Gasteiger partial charge < -0.3 is 0 Å². The third-order valence-corrected chi connectivity index (χ3v) is 4.71. The van der Waals surface area contributed by atoms with Crippen LogP contribution >= 0.6 is 0 Å². The van der Waals surface area contributed by atoms with E-state index >= 15 is 0 Å². The van der Waals surface area contributed by atoms with Gasteiger partial charge >= 0.3 is 0 Å². The second-order valence-corrected chi connectivity index (χ2v) is 7.94. The van der Waals surface area contributed by atoms with E-state index in [0.717, 1.165) is 36.7 Å². The standard InChI is InChI=1S/C14H22N6O2S/c1-11-6-13(18(2)17-11)9-19-8-12-4-5-15-20(12)14(10-19)7-16-23(3,21)22/h4-6,14,16H,7-10H2,1-3H3/t14-/m1/s1. The molecule has 1 N–H and O–H groups in total. The molecule has 1 atom stereocenters. The van der Waals surface area contributed by atoms with Crippen LogP contribution in [-0.4, -0.2) is 52.2 Å². The molecule has 1 aliphatic heterocycles. The zero-order valence-corrected chi connectivity index (χ0v) is 14.4. The molecule has 8 nitrogen and oxygen atoms in total. The van der Waals surface area contributed by atoms with Crippen molar-refractivity contribution >= 4 is 10.0 Å². The van der Waals surface area contributed by atoms with Crippen LogP contribution in [0.2, 0.25) is 0 Å². The lowest BCUT2D eigenvalue weighted by molar-refractivity contribution is 0.164. The lowest BCUT2D eigenvalue weighted by atomic mass is 10.2. The van der Waals surface area contributed by atoms with Crippen LogP contribution in [0.1, 0.15) is 23.1 Å². The molecule has 126 valence electrons. The fraction of sp³-hybridized carbons (Fsp3) is 0.571. The highest BCUT2D eigenvalue weighted by Crippen LogP contribution is 2.21. The van der Waals surface area contributed by atoms with E-state index in [1.807, 2.05) is 29.4 Å². The molecular weight excluding hydrogens is 316 g/mol. The van der Waals surface area contributed by atoms with E-state index in [9.17, 15) is 8.42 Å². The summed E-state index contributed by atoms with van der Waals surface area (Å²) in [5.41, 5.74) is 3.24. The van der Waals surface area contributed by atoms with E-state index in [2.05, 4.69) is 25.9 Å². The van der Waals surface area contributed by atoms with Crippen molar-refractivity contribution in [3.05, 3.63) is 35.4 Å². The molecular formula is C14H22N6O2S. The number of nitrogens with zero attached hydrogens (tertiary/aromatic N) is 5. The van der Waals surface area contributed by atoms with Gasteiger partial charge in [-0.25, -0.2) is 13.1 Å². The molecule has 3 heterocycles. The summed E-state index contributed by atoms with van der Waals surface area (Å²) in [5.74, 6) is 0. The zero-order chi connectivity index (χ0) is 16.6. The van der Waals surface area contributed by atoms with Crippen LogP contribution in [0.3, 0.4) is 0 Å². The summed E-state index contributed by atoms with van der Waals surface area (Å²) in [7, 11) is -1.27. The molecule has 0 amide bonds. The second kappa shape index (κ2) is 6.06. The number of hydrogen-bond donors (Lipinski definition) is 1. The quantitative estimate of drug-likeness (QED) is 0.831. The average Bonchev–Trinajstić information content (AvgIpc) is 3.02. The molecule has 0 unspecified atom stereocenters. The topological polar surface area (TPSA) is 85.0 Å². The van der Waals surface area contributed by atoms with Gasteiger partial charge in [0.1, 0.15) is 0 Å². The van der Waals surface area contributed by atoms with Gasteiger partial charge in [0.15, 0.2) is 0 Å². The Hall–Kier alpha value is -1.71. The molecule has 0 radical (unpaired) electrons. The molecule has 0 aromatic carbocycles. The van der Waals surface area contributed by atoms with Gasteiger partial charge in [-0.05, 0) is 19.1 Å². The predicted octanol–water partition coefficient (Wildman–Crippen LogP) is 0.0311. The Morgan fingerprint density at radius 2 is 2.22 bits per heavy atom. The van der Waals surface area contributed by atoms with Crippen LogP contribution < -0.4 is 4.72 Å². The molecule has 1 aliphatic rings. The number of nitrogens with one attached hydrogen (secondary N) is 1. The molecule has 3 rings (SSSR count). The maximum Gasteiger partial charge on any atom is 0.208 e. The maximum absolute atomic E-state index is 11.4. The van der Waals surface area contributed by atoms with Crippen molar-refractivity contribution in [1.29, 1.82) is 0 Å². The van der Waals surface area contributed by atoms with E-state index in [4.69, 9.17) is 0 Å². The first-order valence-corrected chi connectivity index (χ1v) is 9.40. The van der Waals surface area contributed by atoms with Crippen molar-refractivity contribution in [1.82, 2.24) is 29.2 Å². The summed E-state index contributed by atoms with van der Waals surface area (Å²) in [4.78, 5) is 2.29. The second-order valence-electron chi connectivity index (χ2n) is 6.11. The van der Waals surface area contributed by atoms with Crippen LogP contribution in [0.25, 0.3) is 0 Å². The average molecular weight is 338 g/mol. The summed E-state index contributed by atoms with van der Waals surface area (Å²) in [6.45, 7) is 4.63. The fourth-order valence-electron chi connectivity index (χ4n) is 3.03. The van der Waals surface area contributed by atoms with E-state index < -0.39 is 10.0 Å². The van der Waals surface area contributed by atoms with Crippen LogP contribution in [0.4, 0.5) is 0 Å². The van der Waals surface area contributed by atoms with E-state index in [1.165, 1.54) is 6.26 Å². The van der Waals surface area contributed by atoms with Crippen LogP contribution in [-0.2, 0) is 30.2 Å². The van der Waals surface area contributed by atoms with Gasteiger partial charge in [-0.1, -0.05) is 0 Å². The molecule has 23 heavy (non-hydrogen) atoms. The summed E-state index contributed by atoms with van der Waals surface area (Å²) >= 11 is 0. The first-order valence-electron chi connectivity index (χ1n) is 7.51. The van der Waals surface area contributed by atoms with Gasteiger partial charge in [0, 0.05) is 39.4 Å². The minimum absolute atomic E-state index is 0.0159. The molecule has 0 bridgehead atoms. The summed E-state index contributed by atoms with van der Waals surface area (Å²) in [5, 5.41) is 8.72. The van der Waals surface area contributed by atoms with Gasteiger partial charge in [0.25, 0.3) is 0 Å². The molecule has 0 spiro atoms. The third-order valence-electron chi connectivity index (χ3n) is 4.02. The normalized spacial score (nSPS) is 19.0. The minimum atomic E-state index is -3.21. The Labute approximate surface area is 136 Å². The van der Waals surface area contributed by atoms with Crippen molar-refractivity contribution in [2.75, 3.05) is 19.3 Å². The van der Waals surface area contributed by atoms with E-state index in [0.29, 0.717) is 6.54 Å². The van der Waals surface area contributed by atoms with Gasteiger partial charge in [-0.2, -0.15) is 10.2 Å². The van der Waals surface area contributed by atoms with Crippen LogP contribution in [0.15, 0.2) is 18.3 Å². The Balaban J connectivity index is 1.76. The fourth-order valence-corrected chi connectivity index (χ4v) is 3.52. The lowest BCUT2D eigenvalue weighted by Crippen LogP contribution is -2.42. The summed E-state index contributed by atoms with van der Waals surface area (Å²) in [6.07, 6.45) is 2.94. The van der Waals surface area contributed by atoms with Crippen molar-refractivity contribution < 1.29 is 8.42 Å². The highest BCUT2D eigenvalue weighted by atomic mass is 32.2. The Morgan fingerprint density at radius 3 is 2.87 bits per heavy atom. The van der Waals surface area contributed by atoms with Gasteiger partial charge in [0.05, 0.1) is 29.4 Å². The Kier molecular flexibility index (Phi) is 4.26. The monoisotopic (exact) mass is 338 g/mol. The smallest absolute Gasteiger partial charge is 0.208 e. The molecule has 0 saturated heterocycles. The first kappa shape index (κ1) is 16.2. The van der Waals surface area contributed by atoms with Gasteiger partial charge in [-0.15, -0.1) is 0 Å². The predicted molar refractivity (Wildman–Crippen MR) is 86.2 cm³/mol. The molecule has 9 heteroatoms. The first-order chi connectivity index (χ1) is 10.8. The van der Waals surface area contributed by atoms with Gasteiger partial charge in [0.2, 0.25) is 10.0 Å². The minimum Gasteiger partial charge on any atom is -0.290 e. The third kappa shape index (κ3) is 3.80. The van der Waals surface area contributed by atoms with Crippen molar-refractivity contribution in [3.63, 3.8) is 0 Å². The summed E-state index contributed by atoms with van der Waals surface area (Å²) in [6, 6.07) is 4.04. The van der Waals surface area contributed by atoms with Crippen LogP contribution in [0, 0.1) is 6.92 Å². The van der Waals surface area contributed by atoms with E-state index in [-0.39, 0.29) is 6.04 Å². The number of sulfonamides is 1. The molecule has 0 aliphatic carbocycles.